The molecule has 0 radical (unpaired) electrons. The van der Waals surface area contributed by atoms with Crippen molar-refractivity contribution in [3.63, 3.8) is 0 Å². The summed E-state index contributed by atoms with van der Waals surface area (Å²) in [6.07, 6.45) is 2.24. The maximum atomic E-state index is 4.60. The molecule has 0 fully saturated rings. The second-order valence-corrected chi connectivity index (χ2v) is 4.57. The minimum atomic E-state index is 0.788. The minimum absolute atomic E-state index is 0.788. The predicted molar refractivity (Wildman–Crippen MR) is 87.3 cm³/mol. The molecule has 0 heterocycles. The molecule has 0 aliphatic heterocycles. The highest BCUT2D eigenvalue weighted by atomic mass is 15.2. The highest BCUT2D eigenvalue weighted by molar-refractivity contribution is 6.03. The van der Waals surface area contributed by atoms with E-state index in [1.165, 1.54) is 0 Å². The number of benzene rings is 2. The Labute approximate surface area is 120 Å². The zero-order valence-corrected chi connectivity index (χ0v) is 11.8. The van der Waals surface area contributed by atoms with Crippen LogP contribution in [0.3, 0.4) is 0 Å². The average Bonchev–Trinajstić information content (AvgIpc) is 2.49. The summed E-state index contributed by atoms with van der Waals surface area (Å²) in [6.45, 7) is 3.00. The van der Waals surface area contributed by atoms with Gasteiger partial charge in [0.15, 0.2) is 5.96 Å². The van der Waals surface area contributed by atoms with E-state index in [1.807, 2.05) is 60.7 Å². The Kier molecular flexibility index (Phi) is 5.65. The molecule has 0 amide bonds. The number of nitrogens with zero attached hydrogens (tertiary/aromatic N) is 1. The molecule has 20 heavy (non-hydrogen) atoms. The van der Waals surface area contributed by atoms with Crippen LogP contribution in [-0.2, 0) is 0 Å². The third-order valence-electron chi connectivity index (χ3n) is 2.85. The Morgan fingerprint density at radius 1 is 0.850 bits per heavy atom. The van der Waals surface area contributed by atoms with Gasteiger partial charge in [-0.25, -0.2) is 0 Å². The smallest absolute Gasteiger partial charge is 0.200 e. The Morgan fingerprint density at radius 3 is 1.80 bits per heavy atom. The first-order valence-corrected chi connectivity index (χ1v) is 7.07. The van der Waals surface area contributed by atoms with Crippen LogP contribution in [0.1, 0.15) is 19.8 Å². The molecule has 0 aliphatic carbocycles. The van der Waals surface area contributed by atoms with Crippen molar-refractivity contribution in [3.8, 4) is 0 Å². The van der Waals surface area contributed by atoms with Crippen LogP contribution in [0.5, 0.6) is 0 Å². The number of hydrogen-bond donors (Lipinski definition) is 2. The third-order valence-corrected chi connectivity index (χ3v) is 2.85. The fourth-order valence-electron chi connectivity index (χ4n) is 1.78. The molecule has 0 bridgehead atoms. The van der Waals surface area contributed by atoms with Gasteiger partial charge in [-0.05, 0) is 30.7 Å². The fourth-order valence-corrected chi connectivity index (χ4v) is 1.78. The second kappa shape index (κ2) is 8.00. The lowest BCUT2D eigenvalue weighted by Gasteiger charge is -2.12. The normalized spacial score (nSPS) is 9.85. The zero-order valence-electron chi connectivity index (χ0n) is 11.8. The highest BCUT2D eigenvalue weighted by Gasteiger charge is 2.00. The van der Waals surface area contributed by atoms with Crippen molar-refractivity contribution >= 4 is 17.3 Å². The third kappa shape index (κ3) is 4.76. The van der Waals surface area contributed by atoms with Gasteiger partial charge in [0.1, 0.15) is 0 Å². The lowest BCUT2D eigenvalue weighted by atomic mass is 10.3. The number of anilines is 2. The maximum Gasteiger partial charge on any atom is 0.200 e. The van der Waals surface area contributed by atoms with Gasteiger partial charge in [0.2, 0.25) is 0 Å². The average molecular weight is 267 g/mol. The molecule has 0 unspecified atom stereocenters. The molecule has 0 spiro atoms. The van der Waals surface area contributed by atoms with Gasteiger partial charge in [0, 0.05) is 17.9 Å². The lowest BCUT2D eigenvalue weighted by molar-refractivity contribution is 0.808. The van der Waals surface area contributed by atoms with E-state index in [1.54, 1.807) is 0 Å². The first kappa shape index (κ1) is 14.1. The van der Waals surface area contributed by atoms with E-state index in [-0.39, 0.29) is 0 Å². The number of hydrogen-bond acceptors (Lipinski definition) is 1. The Hall–Kier alpha value is -2.29. The van der Waals surface area contributed by atoms with E-state index in [2.05, 4.69) is 22.5 Å². The van der Waals surface area contributed by atoms with E-state index in [0.29, 0.717) is 0 Å². The molecular weight excluding hydrogens is 246 g/mol. The molecule has 2 aromatic carbocycles. The number of unbranched alkanes of at least 4 members (excludes halogenated alkanes) is 1. The van der Waals surface area contributed by atoms with Crippen molar-refractivity contribution in [2.45, 2.75) is 19.8 Å². The van der Waals surface area contributed by atoms with Crippen molar-refractivity contribution < 1.29 is 0 Å². The summed E-state index contributed by atoms with van der Waals surface area (Å²) in [4.78, 5) is 4.60. The second-order valence-electron chi connectivity index (χ2n) is 4.57. The lowest BCUT2D eigenvalue weighted by Crippen LogP contribution is -2.22. The van der Waals surface area contributed by atoms with Gasteiger partial charge in [-0.3, -0.25) is 4.99 Å². The monoisotopic (exact) mass is 267 g/mol. The van der Waals surface area contributed by atoms with Crippen molar-refractivity contribution in [2.24, 2.45) is 4.99 Å². The van der Waals surface area contributed by atoms with Gasteiger partial charge in [0.25, 0.3) is 0 Å². The number of guanidine groups is 1. The van der Waals surface area contributed by atoms with E-state index < -0.39 is 0 Å². The van der Waals surface area contributed by atoms with Crippen LogP contribution in [0, 0.1) is 0 Å². The van der Waals surface area contributed by atoms with Crippen LogP contribution in [0.15, 0.2) is 65.7 Å². The van der Waals surface area contributed by atoms with Crippen LogP contribution in [0.25, 0.3) is 0 Å². The molecule has 0 aliphatic rings. The van der Waals surface area contributed by atoms with Gasteiger partial charge in [-0.2, -0.15) is 0 Å². The summed E-state index contributed by atoms with van der Waals surface area (Å²) in [5, 5.41) is 6.65. The van der Waals surface area contributed by atoms with Crippen molar-refractivity contribution in [2.75, 3.05) is 17.2 Å². The molecule has 104 valence electrons. The first-order chi connectivity index (χ1) is 9.88. The topological polar surface area (TPSA) is 36.4 Å². The number of nitrogens with one attached hydrogen (secondary N) is 2. The molecule has 3 nitrogen and oxygen atoms in total. The van der Waals surface area contributed by atoms with Gasteiger partial charge >= 0.3 is 0 Å². The quantitative estimate of drug-likeness (QED) is 0.479. The standard InChI is InChI=1S/C17H21N3/c1-2-3-14-18-17(19-15-10-6-4-7-11-15)20-16-12-8-5-9-13-16/h4-13H,2-3,14H2,1H3,(H2,18,19,20). The number of rotatable bonds is 5. The molecule has 0 aromatic heterocycles. The molecule has 3 heteroatoms. The van der Waals surface area contributed by atoms with Crippen molar-refractivity contribution in [3.05, 3.63) is 60.7 Å². The minimum Gasteiger partial charge on any atom is -0.326 e. The number of para-hydroxylation sites is 2. The van der Waals surface area contributed by atoms with Gasteiger partial charge in [-0.1, -0.05) is 49.7 Å². The van der Waals surface area contributed by atoms with Crippen LogP contribution < -0.4 is 10.6 Å². The Bertz CT molecular complexity index is 477. The maximum absolute atomic E-state index is 4.60. The van der Waals surface area contributed by atoms with Crippen molar-refractivity contribution in [1.82, 2.24) is 0 Å². The van der Waals surface area contributed by atoms with E-state index in [4.69, 9.17) is 0 Å². The molecule has 0 saturated heterocycles. The molecule has 0 atom stereocenters. The van der Waals surface area contributed by atoms with E-state index >= 15 is 0 Å². The van der Waals surface area contributed by atoms with Gasteiger partial charge < -0.3 is 10.6 Å². The summed E-state index contributed by atoms with van der Waals surface area (Å²) in [5.74, 6) is 0.788. The number of aliphatic imine (C=N–C) groups is 1. The fraction of sp³-hybridized carbons (Fsp3) is 0.235. The summed E-state index contributed by atoms with van der Waals surface area (Å²) in [6, 6.07) is 20.2. The molecule has 2 rings (SSSR count). The van der Waals surface area contributed by atoms with Crippen molar-refractivity contribution in [1.29, 1.82) is 0 Å². The summed E-state index contributed by atoms with van der Waals surface area (Å²) in [5.41, 5.74) is 2.07. The molecule has 2 aromatic rings. The van der Waals surface area contributed by atoms with Gasteiger partial charge in [0.05, 0.1) is 0 Å². The van der Waals surface area contributed by atoms with Crippen LogP contribution in [0.4, 0.5) is 11.4 Å². The Morgan fingerprint density at radius 2 is 1.35 bits per heavy atom. The highest BCUT2D eigenvalue weighted by Crippen LogP contribution is 2.09. The molecule has 2 N–H and O–H groups in total. The molecular formula is C17H21N3. The van der Waals surface area contributed by atoms with Crippen LogP contribution in [0.2, 0.25) is 0 Å². The summed E-state index contributed by atoms with van der Waals surface area (Å²) in [7, 11) is 0. The largest absolute Gasteiger partial charge is 0.326 e. The Balaban J connectivity index is 2.06. The first-order valence-electron chi connectivity index (χ1n) is 7.07. The predicted octanol–water partition coefficient (Wildman–Crippen LogP) is 4.37. The van der Waals surface area contributed by atoms with E-state index in [9.17, 15) is 0 Å². The van der Waals surface area contributed by atoms with E-state index in [0.717, 1.165) is 36.7 Å². The summed E-state index contributed by atoms with van der Waals surface area (Å²) >= 11 is 0. The molecule has 0 saturated carbocycles. The van der Waals surface area contributed by atoms with Crippen LogP contribution in [-0.4, -0.2) is 12.5 Å². The summed E-state index contributed by atoms with van der Waals surface area (Å²) < 4.78 is 0. The zero-order chi connectivity index (χ0) is 14.0. The SMILES string of the molecule is CCCCN=C(Nc1ccccc1)Nc1ccccc1. The van der Waals surface area contributed by atoms with Gasteiger partial charge in [-0.15, -0.1) is 0 Å². The van der Waals surface area contributed by atoms with Crippen LogP contribution >= 0.6 is 0 Å².